The predicted octanol–water partition coefficient (Wildman–Crippen LogP) is 1.73. The van der Waals surface area contributed by atoms with Crippen molar-refractivity contribution >= 4 is 11.5 Å². The molecule has 0 unspecified atom stereocenters. The van der Waals surface area contributed by atoms with Gasteiger partial charge in [-0.15, -0.1) is 15.3 Å². The first-order valence-corrected chi connectivity index (χ1v) is 7.80. The van der Waals surface area contributed by atoms with Gasteiger partial charge in [0.2, 0.25) is 0 Å². The smallest absolute Gasteiger partial charge is 0.355 e. The molecule has 0 aliphatic carbocycles. The van der Waals surface area contributed by atoms with Crippen molar-refractivity contribution in [3.8, 4) is 0 Å². The second kappa shape index (κ2) is 5.85. The second-order valence-electron chi connectivity index (χ2n) is 5.94. The van der Waals surface area contributed by atoms with E-state index in [0.717, 1.165) is 23.9 Å². The van der Waals surface area contributed by atoms with Gasteiger partial charge in [0.25, 0.3) is 5.82 Å². The van der Waals surface area contributed by atoms with Gasteiger partial charge in [-0.1, -0.05) is 0 Å². The molecule has 24 heavy (non-hydrogen) atoms. The average molecular weight is 343 g/mol. The number of piperidine rings is 1. The van der Waals surface area contributed by atoms with Crippen LogP contribution in [0, 0.1) is 5.92 Å². The van der Waals surface area contributed by atoms with E-state index in [4.69, 9.17) is 9.47 Å². The molecule has 1 atom stereocenters. The van der Waals surface area contributed by atoms with Crippen LogP contribution in [0.4, 0.5) is 19.0 Å². The Morgan fingerprint density at radius 2 is 1.92 bits per heavy atom. The summed E-state index contributed by atoms with van der Waals surface area (Å²) in [6.07, 6.45) is -2.97. The van der Waals surface area contributed by atoms with Gasteiger partial charge in [0.05, 0.1) is 13.2 Å². The van der Waals surface area contributed by atoms with E-state index >= 15 is 0 Å². The number of aromatic nitrogens is 4. The monoisotopic (exact) mass is 343 g/mol. The molecule has 2 aliphatic heterocycles. The first-order valence-electron chi connectivity index (χ1n) is 7.80. The number of halogens is 3. The number of hydrogen-bond acceptors (Lipinski definition) is 6. The van der Waals surface area contributed by atoms with Crippen molar-refractivity contribution in [2.45, 2.75) is 25.3 Å². The lowest BCUT2D eigenvalue weighted by atomic mass is 9.97. The van der Waals surface area contributed by atoms with Crippen molar-refractivity contribution in [1.29, 1.82) is 0 Å². The van der Waals surface area contributed by atoms with Gasteiger partial charge in [-0.05, 0) is 25.0 Å². The van der Waals surface area contributed by atoms with Gasteiger partial charge in [-0.2, -0.15) is 17.7 Å². The molecule has 0 bridgehead atoms. The van der Waals surface area contributed by atoms with Crippen LogP contribution in [0.2, 0.25) is 0 Å². The first kappa shape index (κ1) is 15.6. The van der Waals surface area contributed by atoms with E-state index in [1.807, 2.05) is 4.90 Å². The van der Waals surface area contributed by atoms with Gasteiger partial charge in [-0.3, -0.25) is 0 Å². The molecular formula is C14H16F3N5O2. The van der Waals surface area contributed by atoms with Crippen LogP contribution in [0.25, 0.3) is 5.65 Å². The van der Waals surface area contributed by atoms with Crippen molar-refractivity contribution in [2.24, 2.45) is 5.92 Å². The average Bonchev–Trinajstić information content (AvgIpc) is 3.23. The minimum absolute atomic E-state index is 0.0714. The van der Waals surface area contributed by atoms with Crippen LogP contribution in [-0.2, 0) is 15.7 Å². The van der Waals surface area contributed by atoms with Crippen molar-refractivity contribution in [3.63, 3.8) is 0 Å². The minimum Gasteiger partial charge on any atom is -0.355 e. The van der Waals surface area contributed by atoms with Gasteiger partial charge in [-0.25, -0.2) is 0 Å². The van der Waals surface area contributed by atoms with Crippen LogP contribution in [0.15, 0.2) is 12.1 Å². The molecule has 0 saturated carbocycles. The molecule has 10 heteroatoms. The molecule has 2 aromatic rings. The fourth-order valence-corrected chi connectivity index (χ4v) is 3.21. The molecule has 130 valence electrons. The zero-order valence-corrected chi connectivity index (χ0v) is 12.7. The van der Waals surface area contributed by atoms with Crippen LogP contribution in [0.1, 0.15) is 18.7 Å². The lowest BCUT2D eigenvalue weighted by molar-refractivity contribution is -0.146. The zero-order chi connectivity index (χ0) is 16.7. The molecular weight excluding hydrogens is 327 g/mol. The van der Waals surface area contributed by atoms with E-state index in [0.29, 0.717) is 25.6 Å². The van der Waals surface area contributed by atoms with Crippen LogP contribution < -0.4 is 4.90 Å². The Labute approximate surface area is 135 Å². The normalized spacial score (nSPS) is 23.3. The summed E-state index contributed by atoms with van der Waals surface area (Å²) in [6.45, 7) is 2.53. The van der Waals surface area contributed by atoms with Crippen LogP contribution in [0.3, 0.4) is 0 Å². The summed E-state index contributed by atoms with van der Waals surface area (Å²) in [6, 6.07) is 3.17. The van der Waals surface area contributed by atoms with Gasteiger partial charge in [0, 0.05) is 19.0 Å². The molecule has 4 heterocycles. The summed E-state index contributed by atoms with van der Waals surface area (Å²) in [7, 11) is 0. The third-order valence-corrected chi connectivity index (χ3v) is 4.32. The highest BCUT2D eigenvalue weighted by molar-refractivity contribution is 5.46. The Morgan fingerprint density at radius 3 is 2.67 bits per heavy atom. The Bertz CT molecular complexity index is 729. The highest BCUT2D eigenvalue weighted by Crippen LogP contribution is 2.30. The van der Waals surface area contributed by atoms with E-state index in [2.05, 4.69) is 15.3 Å². The third-order valence-electron chi connectivity index (χ3n) is 4.32. The maximum atomic E-state index is 13.0. The van der Waals surface area contributed by atoms with Gasteiger partial charge < -0.3 is 14.4 Å². The lowest BCUT2D eigenvalue weighted by Gasteiger charge is -2.35. The van der Waals surface area contributed by atoms with Gasteiger partial charge in [0.1, 0.15) is 5.82 Å². The molecule has 2 aliphatic rings. The fraction of sp³-hybridized carbons (Fsp3) is 0.643. The lowest BCUT2D eigenvalue weighted by Crippen LogP contribution is -2.41. The molecule has 7 nitrogen and oxygen atoms in total. The number of rotatable bonds is 2. The van der Waals surface area contributed by atoms with Crippen LogP contribution in [-0.4, -0.2) is 52.4 Å². The Hall–Kier alpha value is -1.94. The molecule has 0 N–H and O–H groups in total. The highest BCUT2D eigenvalue weighted by Gasteiger charge is 2.38. The number of alkyl halides is 3. The number of hydrogen-bond donors (Lipinski definition) is 0. The molecule has 2 fully saturated rings. The first-order chi connectivity index (χ1) is 11.5. The van der Waals surface area contributed by atoms with Gasteiger partial charge >= 0.3 is 6.18 Å². The highest BCUT2D eigenvalue weighted by atomic mass is 19.4. The molecule has 0 spiro atoms. The second-order valence-corrected chi connectivity index (χ2v) is 5.94. The van der Waals surface area contributed by atoms with Crippen molar-refractivity contribution < 1.29 is 22.6 Å². The van der Waals surface area contributed by atoms with E-state index in [9.17, 15) is 13.2 Å². The van der Waals surface area contributed by atoms with Crippen molar-refractivity contribution in [3.05, 3.63) is 18.0 Å². The standard InChI is InChI=1S/C14H16F3N5O2/c15-14(16,17)13-19-18-10-3-4-11(20-22(10)13)21-5-1-2-9(8-21)12-23-6-7-24-12/h3-4,9,12H,1-2,5-8H2/t9-/m1/s1. The number of anilines is 1. The summed E-state index contributed by atoms with van der Waals surface area (Å²) in [5, 5.41) is 10.8. The maximum Gasteiger partial charge on any atom is 0.453 e. The van der Waals surface area contributed by atoms with Gasteiger partial charge in [0.15, 0.2) is 11.9 Å². The van der Waals surface area contributed by atoms with Crippen molar-refractivity contribution in [2.75, 3.05) is 31.2 Å². The molecule has 4 rings (SSSR count). The topological polar surface area (TPSA) is 64.8 Å². The largest absolute Gasteiger partial charge is 0.453 e. The maximum absolute atomic E-state index is 13.0. The molecule has 2 aromatic heterocycles. The van der Waals surface area contributed by atoms with Crippen LogP contribution in [0.5, 0.6) is 0 Å². The van der Waals surface area contributed by atoms with E-state index in [1.54, 1.807) is 6.07 Å². The Kier molecular flexibility index (Phi) is 3.80. The van der Waals surface area contributed by atoms with E-state index < -0.39 is 12.0 Å². The predicted molar refractivity (Wildman–Crippen MR) is 76.4 cm³/mol. The molecule has 2 saturated heterocycles. The minimum atomic E-state index is -4.60. The summed E-state index contributed by atoms with van der Waals surface area (Å²) in [5.74, 6) is -0.465. The van der Waals surface area contributed by atoms with E-state index in [1.165, 1.54) is 6.07 Å². The number of fused-ring (bicyclic) bond motifs is 1. The summed E-state index contributed by atoms with van der Waals surface area (Å²) in [5.41, 5.74) is 0.0714. The quantitative estimate of drug-likeness (QED) is 0.828. The third kappa shape index (κ3) is 2.80. The van der Waals surface area contributed by atoms with E-state index in [-0.39, 0.29) is 17.9 Å². The SMILES string of the molecule is FC(F)(F)c1nnc2ccc(N3CCC[C@@H](C4OCCO4)C3)nn12. The summed E-state index contributed by atoms with van der Waals surface area (Å²) >= 11 is 0. The Morgan fingerprint density at radius 1 is 1.12 bits per heavy atom. The van der Waals surface area contributed by atoms with Crippen molar-refractivity contribution in [1.82, 2.24) is 19.8 Å². The Balaban J connectivity index is 1.61. The number of nitrogens with zero attached hydrogens (tertiary/aromatic N) is 5. The fourth-order valence-electron chi connectivity index (χ4n) is 3.21. The molecule has 0 aromatic carbocycles. The number of ether oxygens (including phenoxy) is 2. The molecule has 0 amide bonds. The zero-order valence-electron chi connectivity index (χ0n) is 12.7. The summed E-state index contributed by atoms with van der Waals surface area (Å²) in [4.78, 5) is 1.96. The molecule has 0 radical (unpaired) electrons. The van der Waals surface area contributed by atoms with Crippen LogP contribution >= 0.6 is 0 Å². The summed E-state index contributed by atoms with van der Waals surface area (Å²) < 4.78 is 50.8.